The van der Waals surface area contributed by atoms with Gasteiger partial charge in [-0.1, -0.05) is 0 Å². The lowest BCUT2D eigenvalue weighted by Crippen LogP contribution is -2.41. The van der Waals surface area contributed by atoms with Gasteiger partial charge in [-0.25, -0.2) is 0 Å². The summed E-state index contributed by atoms with van der Waals surface area (Å²) in [7, 11) is 0. The van der Waals surface area contributed by atoms with Gasteiger partial charge in [0.25, 0.3) is 0 Å². The minimum atomic E-state index is 0.00197. The van der Waals surface area contributed by atoms with Crippen LogP contribution in [0.4, 0.5) is 0 Å². The van der Waals surface area contributed by atoms with E-state index in [1.807, 2.05) is 6.07 Å². The number of aliphatic hydroxyl groups is 1. The van der Waals surface area contributed by atoms with Crippen LogP contribution in [-0.4, -0.2) is 31.5 Å². The minimum Gasteiger partial charge on any atom is -0.472 e. The Balaban J connectivity index is 1.78. The van der Waals surface area contributed by atoms with Crippen molar-refractivity contribution >= 4 is 0 Å². The molecule has 0 amide bonds. The zero-order chi connectivity index (χ0) is 11.3. The maximum atomic E-state index is 9.48. The van der Waals surface area contributed by atoms with Crippen LogP contribution in [-0.2, 0) is 11.3 Å². The smallest absolute Gasteiger partial charge is 0.0947 e. The van der Waals surface area contributed by atoms with Crippen LogP contribution in [0.5, 0.6) is 0 Å². The average molecular weight is 225 g/mol. The highest BCUT2D eigenvalue weighted by Gasteiger charge is 2.31. The molecule has 0 aliphatic carbocycles. The highest BCUT2D eigenvalue weighted by molar-refractivity contribution is 5.04. The molecule has 16 heavy (non-hydrogen) atoms. The van der Waals surface area contributed by atoms with E-state index in [1.54, 1.807) is 12.5 Å². The third kappa shape index (κ3) is 2.84. The molecule has 0 radical (unpaired) electrons. The first kappa shape index (κ1) is 11.6. The van der Waals surface area contributed by atoms with Crippen molar-refractivity contribution in [1.82, 2.24) is 5.32 Å². The summed E-state index contributed by atoms with van der Waals surface area (Å²) in [5, 5.41) is 12.9. The molecule has 1 saturated heterocycles. The predicted octanol–water partition coefficient (Wildman–Crippen LogP) is 1.16. The van der Waals surface area contributed by atoms with Gasteiger partial charge in [0.15, 0.2) is 0 Å². The maximum absolute atomic E-state index is 9.48. The number of nitrogens with one attached hydrogen (secondary N) is 1. The topological polar surface area (TPSA) is 54.6 Å². The van der Waals surface area contributed by atoms with E-state index in [-0.39, 0.29) is 12.0 Å². The van der Waals surface area contributed by atoms with Crippen molar-refractivity contribution < 1.29 is 14.3 Å². The molecule has 4 nitrogen and oxygen atoms in total. The Morgan fingerprint density at radius 2 is 2.19 bits per heavy atom. The lowest BCUT2D eigenvalue weighted by Gasteiger charge is -2.35. The Morgan fingerprint density at radius 1 is 1.38 bits per heavy atom. The molecule has 1 aliphatic heterocycles. The molecule has 4 heteroatoms. The van der Waals surface area contributed by atoms with E-state index < -0.39 is 0 Å². The molecule has 2 N–H and O–H groups in total. The lowest BCUT2D eigenvalue weighted by atomic mass is 9.81. The summed E-state index contributed by atoms with van der Waals surface area (Å²) in [6.45, 7) is 3.37. The molecule has 2 heterocycles. The molecular weight excluding hydrogens is 206 g/mol. The Labute approximate surface area is 95.6 Å². The maximum Gasteiger partial charge on any atom is 0.0947 e. The van der Waals surface area contributed by atoms with Gasteiger partial charge in [0.05, 0.1) is 19.1 Å². The van der Waals surface area contributed by atoms with E-state index >= 15 is 0 Å². The molecule has 0 spiro atoms. The van der Waals surface area contributed by atoms with Crippen molar-refractivity contribution in [3.05, 3.63) is 24.2 Å². The van der Waals surface area contributed by atoms with Crippen LogP contribution in [0.25, 0.3) is 0 Å². The second kappa shape index (κ2) is 5.48. The normalized spacial score (nSPS) is 19.8. The second-order valence-corrected chi connectivity index (χ2v) is 4.51. The summed E-state index contributed by atoms with van der Waals surface area (Å²) >= 11 is 0. The van der Waals surface area contributed by atoms with E-state index in [4.69, 9.17) is 9.15 Å². The molecule has 0 saturated carbocycles. The van der Waals surface area contributed by atoms with Crippen LogP contribution in [0.15, 0.2) is 23.0 Å². The van der Waals surface area contributed by atoms with Crippen LogP contribution in [0, 0.1) is 5.41 Å². The number of ether oxygens (including phenoxy) is 1. The molecule has 1 aromatic rings. The van der Waals surface area contributed by atoms with E-state index in [2.05, 4.69) is 5.32 Å². The average Bonchev–Trinajstić information content (AvgIpc) is 2.83. The quantitative estimate of drug-likeness (QED) is 0.789. The molecule has 2 rings (SSSR count). The fourth-order valence-electron chi connectivity index (χ4n) is 2.06. The monoisotopic (exact) mass is 225 g/mol. The van der Waals surface area contributed by atoms with E-state index in [0.29, 0.717) is 0 Å². The first-order chi connectivity index (χ1) is 7.85. The van der Waals surface area contributed by atoms with Gasteiger partial charge in [-0.15, -0.1) is 0 Å². The number of rotatable bonds is 5. The van der Waals surface area contributed by atoms with Crippen molar-refractivity contribution in [3.63, 3.8) is 0 Å². The largest absolute Gasteiger partial charge is 0.472 e. The zero-order valence-electron chi connectivity index (χ0n) is 9.45. The fraction of sp³-hybridized carbons (Fsp3) is 0.667. The molecule has 0 unspecified atom stereocenters. The molecule has 1 aliphatic rings. The molecule has 0 aromatic carbocycles. The first-order valence-corrected chi connectivity index (χ1v) is 5.75. The Hall–Kier alpha value is -0.840. The third-order valence-electron chi connectivity index (χ3n) is 3.30. The second-order valence-electron chi connectivity index (χ2n) is 4.51. The lowest BCUT2D eigenvalue weighted by molar-refractivity contribution is -0.0154. The van der Waals surface area contributed by atoms with Crippen molar-refractivity contribution in [2.24, 2.45) is 5.41 Å². The highest BCUT2D eigenvalue weighted by Crippen LogP contribution is 2.29. The Bertz CT molecular complexity index is 291. The molecule has 0 bridgehead atoms. The summed E-state index contributed by atoms with van der Waals surface area (Å²) in [5.41, 5.74) is 1.14. The van der Waals surface area contributed by atoms with Crippen molar-refractivity contribution in [1.29, 1.82) is 0 Å². The van der Waals surface area contributed by atoms with Gasteiger partial charge < -0.3 is 19.6 Å². The molecule has 1 fully saturated rings. The number of hydrogen-bond acceptors (Lipinski definition) is 4. The first-order valence-electron chi connectivity index (χ1n) is 5.75. The van der Waals surface area contributed by atoms with E-state index in [1.165, 1.54) is 0 Å². The minimum absolute atomic E-state index is 0.00197. The fourth-order valence-corrected chi connectivity index (χ4v) is 2.06. The summed E-state index contributed by atoms with van der Waals surface area (Å²) in [6.07, 6.45) is 5.28. The van der Waals surface area contributed by atoms with Crippen molar-refractivity contribution in [2.45, 2.75) is 19.4 Å². The van der Waals surface area contributed by atoms with Gasteiger partial charge in [-0.3, -0.25) is 0 Å². The summed E-state index contributed by atoms with van der Waals surface area (Å²) in [4.78, 5) is 0. The third-order valence-corrected chi connectivity index (χ3v) is 3.30. The van der Waals surface area contributed by atoms with E-state index in [9.17, 15) is 5.11 Å². The van der Waals surface area contributed by atoms with Crippen LogP contribution in [0.1, 0.15) is 18.4 Å². The molecule has 1 aromatic heterocycles. The molecule has 90 valence electrons. The summed E-state index contributed by atoms with van der Waals surface area (Å²) in [6, 6.07) is 1.95. The zero-order valence-corrected chi connectivity index (χ0v) is 9.45. The van der Waals surface area contributed by atoms with Crippen LogP contribution in [0.3, 0.4) is 0 Å². The summed E-state index contributed by atoms with van der Waals surface area (Å²) in [5.74, 6) is 0. The van der Waals surface area contributed by atoms with Crippen molar-refractivity contribution in [3.8, 4) is 0 Å². The molecule has 0 atom stereocenters. The van der Waals surface area contributed by atoms with Crippen LogP contribution in [0.2, 0.25) is 0 Å². The summed E-state index contributed by atoms with van der Waals surface area (Å²) < 4.78 is 10.3. The Morgan fingerprint density at radius 3 is 2.81 bits per heavy atom. The number of hydrogen-bond donors (Lipinski definition) is 2. The standard InChI is InChI=1S/C12H19NO3/c14-10-12(2-5-15-6-3-12)9-13-7-11-1-4-16-8-11/h1,4,8,13-14H,2-3,5-7,9-10H2. The van der Waals surface area contributed by atoms with Crippen LogP contribution < -0.4 is 5.32 Å². The van der Waals surface area contributed by atoms with Crippen LogP contribution >= 0.6 is 0 Å². The van der Waals surface area contributed by atoms with Gasteiger partial charge in [0.1, 0.15) is 0 Å². The van der Waals surface area contributed by atoms with Gasteiger partial charge in [-0.2, -0.15) is 0 Å². The van der Waals surface area contributed by atoms with E-state index in [0.717, 1.165) is 44.7 Å². The predicted molar refractivity (Wildman–Crippen MR) is 60.0 cm³/mol. The van der Waals surface area contributed by atoms with Crippen molar-refractivity contribution in [2.75, 3.05) is 26.4 Å². The van der Waals surface area contributed by atoms with Gasteiger partial charge >= 0.3 is 0 Å². The SMILES string of the molecule is OCC1(CNCc2ccoc2)CCOCC1. The van der Waals surface area contributed by atoms with Gasteiger partial charge in [0.2, 0.25) is 0 Å². The highest BCUT2D eigenvalue weighted by atomic mass is 16.5. The Kier molecular flexibility index (Phi) is 3.98. The van der Waals surface area contributed by atoms with Gasteiger partial charge in [0, 0.05) is 37.3 Å². The van der Waals surface area contributed by atoms with Gasteiger partial charge in [-0.05, 0) is 18.9 Å². The molecular formula is C12H19NO3. The number of aliphatic hydroxyl groups excluding tert-OH is 1. The number of furan rings is 1.